The average Bonchev–Trinajstić information content (AvgIpc) is 2.76. The lowest BCUT2D eigenvalue weighted by atomic mass is 10.1. The first-order valence-electron chi connectivity index (χ1n) is 6.30. The number of hydrogen-bond donors (Lipinski definition) is 2. The Hall–Kier alpha value is -0.120. The summed E-state index contributed by atoms with van der Waals surface area (Å²) in [7, 11) is 0. The molecule has 3 nitrogen and oxygen atoms in total. The van der Waals surface area contributed by atoms with Crippen LogP contribution in [0, 0.1) is 0 Å². The minimum absolute atomic E-state index is 0.333. The maximum absolute atomic E-state index is 8.62. The summed E-state index contributed by atoms with van der Waals surface area (Å²) in [5.41, 5.74) is 0. The summed E-state index contributed by atoms with van der Waals surface area (Å²) < 4.78 is 5.61. The summed E-state index contributed by atoms with van der Waals surface area (Å²) in [6.45, 7) is 4.56. The molecule has 2 unspecified atom stereocenters. The van der Waals surface area contributed by atoms with Gasteiger partial charge in [-0.25, -0.2) is 0 Å². The van der Waals surface area contributed by atoms with Crippen LogP contribution in [0.25, 0.3) is 0 Å². The molecule has 0 radical (unpaired) electrons. The van der Waals surface area contributed by atoms with Crippen LogP contribution in [0.15, 0.2) is 0 Å². The highest BCUT2D eigenvalue weighted by Crippen LogP contribution is 2.15. The molecule has 1 heterocycles. The predicted molar refractivity (Wildman–Crippen MR) is 62.0 cm³/mol. The van der Waals surface area contributed by atoms with E-state index in [1.54, 1.807) is 0 Å². The maximum Gasteiger partial charge on any atom is 0.0726 e. The fraction of sp³-hybridized carbons (Fsp3) is 1.00. The maximum atomic E-state index is 8.62. The van der Waals surface area contributed by atoms with Crippen molar-refractivity contribution in [2.24, 2.45) is 0 Å². The average molecular weight is 215 g/mol. The highest BCUT2D eigenvalue weighted by molar-refractivity contribution is 4.76. The number of aliphatic hydroxyl groups is 1. The smallest absolute Gasteiger partial charge is 0.0726 e. The van der Waals surface area contributed by atoms with Crippen LogP contribution in [-0.2, 0) is 4.74 Å². The molecule has 0 aromatic rings. The lowest BCUT2D eigenvalue weighted by molar-refractivity contribution is 0.0836. The number of nitrogens with one attached hydrogen (secondary N) is 1. The van der Waals surface area contributed by atoms with Crippen LogP contribution in [0.3, 0.4) is 0 Å². The highest BCUT2D eigenvalue weighted by Gasteiger charge is 2.21. The van der Waals surface area contributed by atoms with Gasteiger partial charge in [-0.3, -0.25) is 0 Å². The molecule has 1 saturated heterocycles. The van der Waals surface area contributed by atoms with Gasteiger partial charge < -0.3 is 15.2 Å². The lowest BCUT2D eigenvalue weighted by Gasteiger charge is -2.19. The Balaban J connectivity index is 1.90. The van der Waals surface area contributed by atoms with Crippen molar-refractivity contribution < 1.29 is 9.84 Å². The SMILES string of the molecule is CC(NCCCCCCO)C1CCCO1. The first-order valence-corrected chi connectivity index (χ1v) is 6.30. The first-order chi connectivity index (χ1) is 7.34. The summed E-state index contributed by atoms with van der Waals surface area (Å²) in [5.74, 6) is 0. The number of unbranched alkanes of at least 4 members (excludes halogenated alkanes) is 3. The molecule has 0 bridgehead atoms. The molecule has 90 valence electrons. The second kappa shape index (κ2) is 8.08. The summed E-state index contributed by atoms with van der Waals surface area (Å²) >= 11 is 0. The van der Waals surface area contributed by atoms with E-state index in [0.717, 1.165) is 26.0 Å². The Bertz CT molecular complexity index is 147. The monoisotopic (exact) mass is 215 g/mol. The second-order valence-electron chi connectivity index (χ2n) is 4.43. The summed E-state index contributed by atoms with van der Waals surface area (Å²) in [6.07, 6.45) is 7.37. The third-order valence-corrected chi connectivity index (χ3v) is 3.07. The third-order valence-electron chi connectivity index (χ3n) is 3.07. The van der Waals surface area contributed by atoms with Gasteiger partial charge in [0, 0.05) is 19.3 Å². The van der Waals surface area contributed by atoms with E-state index in [4.69, 9.17) is 9.84 Å². The van der Waals surface area contributed by atoms with Crippen LogP contribution in [0.5, 0.6) is 0 Å². The van der Waals surface area contributed by atoms with Gasteiger partial charge in [0.25, 0.3) is 0 Å². The number of rotatable bonds is 8. The minimum Gasteiger partial charge on any atom is -0.396 e. The molecule has 2 N–H and O–H groups in total. The van der Waals surface area contributed by atoms with Crippen LogP contribution in [0.2, 0.25) is 0 Å². The van der Waals surface area contributed by atoms with Gasteiger partial charge in [0.2, 0.25) is 0 Å². The van der Waals surface area contributed by atoms with Gasteiger partial charge in [-0.1, -0.05) is 12.8 Å². The van der Waals surface area contributed by atoms with Crippen LogP contribution in [0.1, 0.15) is 45.4 Å². The molecule has 1 fully saturated rings. The van der Waals surface area contributed by atoms with Gasteiger partial charge >= 0.3 is 0 Å². The molecule has 0 amide bonds. The molecule has 15 heavy (non-hydrogen) atoms. The van der Waals surface area contributed by atoms with Crippen molar-refractivity contribution in [2.45, 2.75) is 57.6 Å². The van der Waals surface area contributed by atoms with Gasteiger partial charge in [0.15, 0.2) is 0 Å². The molecular weight excluding hydrogens is 190 g/mol. The van der Waals surface area contributed by atoms with Crippen molar-refractivity contribution in [2.75, 3.05) is 19.8 Å². The van der Waals surface area contributed by atoms with E-state index in [-0.39, 0.29) is 0 Å². The Morgan fingerprint density at radius 2 is 2.13 bits per heavy atom. The Kier molecular flexibility index (Phi) is 6.98. The van der Waals surface area contributed by atoms with Gasteiger partial charge in [-0.2, -0.15) is 0 Å². The Labute approximate surface area is 93.2 Å². The standard InChI is InChI=1S/C12H25NO2/c1-11(12-7-6-10-15-12)13-8-4-2-3-5-9-14/h11-14H,2-10H2,1H3. The molecule has 2 atom stereocenters. The molecule has 3 heteroatoms. The summed E-state index contributed by atoms with van der Waals surface area (Å²) in [4.78, 5) is 0. The molecule has 0 aromatic heterocycles. The molecule has 1 aliphatic heterocycles. The zero-order valence-corrected chi connectivity index (χ0v) is 9.87. The normalized spacial score (nSPS) is 23.2. The van der Waals surface area contributed by atoms with Gasteiger partial charge in [0.1, 0.15) is 0 Å². The molecule has 0 aromatic carbocycles. The minimum atomic E-state index is 0.333. The molecule has 0 spiro atoms. The molecule has 0 saturated carbocycles. The fourth-order valence-electron chi connectivity index (χ4n) is 2.05. The van der Waals surface area contributed by atoms with Crippen molar-refractivity contribution in [3.63, 3.8) is 0 Å². The van der Waals surface area contributed by atoms with Crippen LogP contribution in [-0.4, -0.2) is 37.0 Å². The van der Waals surface area contributed by atoms with Crippen molar-refractivity contribution in [1.82, 2.24) is 5.32 Å². The van der Waals surface area contributed by atoms with Gasteiger partial charge in [0.05, 0.1) is 6.10 Å². The van der Waals surface area contributed by atoms with E-state index in [9.17, 15) is 0 Å². The summed E-state index contributed by atoms with van der Waals surface area (Å²) in [5, 5.41) is 12.1. The Morgan fingerprint density at radius 3 is 2.80 bits per heavy atom. The molecule has 0 aliphatic carbocycles. The van der Waals surface area contributed by atoms with Crippen LogP contribution >= 0.6 is 0 Å². The summed E-state index contributed by atoms with van der Waals surface area (Å²) in [6, 6.07) is 0.491. The van der Waals surface area contributed by atoms with Gasteiger partial charge in [-0.05, 0) is 39.2 Å². The van der Waals surface area contributed by atoms with E-state index < -0.39 is 0 Å². The predicted octanol–water partition coefficient (Wildman–Crippen LogP) is 1.70. The van der Waals surface area contributed by atoms with E-state index >= 15 is 0 Å². The number of aliphatic hydroxyl groups excluding tert-OH is 1. The first kappa shape index (κ1) is 12.9. The van der Waals surface area contributed by atoms with E-state index in [2.05, 4.69) is 12.2 Å². The van der Waals surface area contributed by atoms with E-state index in [1.807, 2.05) is 0 Å². The fourth-order valence-corrected chi connectivity index (χ4v) is 2.05. The van der Waals surface area contributed by atoms with Crippen molar-refractivity contribution in [3.8, 4) is 0 Å². The van der Waals surface area contributed by atoms with Gasteiger partial charge in [-0.15, -0.1) is 0 Å². The van der Waals surface area contributed by atoms with Crippen molar-refractivity contribution in [3.05, 3.63) is 0 Å². The Morgan fingerprint density at radius 1 is 1.33 bits per heavy atom. The number of ether oxygens (including phenoxy) is 1. The topological polar surface area (TPSA) is 41.5 Å². The van der Waals surface area contributed by atoms with Crippen molar-refractivity contribution >= 4 is 0 Å². The van der Waals surface area contributed by atoms with E-state index in [0.29, 0.717) is 18.8 Å². The number of hydrogen-bond acceptors (Lipinski definition) is 3. The molecular formula is C12H25NO2. The van der Waals surface area contributed by atoms with Crippen LogP contribution < -0.4 is 5.32 Å². The highest BCUT2D eigenvalue weighted by atomic mass is 16.5. The van der Waals surface area contributed by atoms with Crippen LogP contribution in [0.4, 0.5) is 0 Å². The molecule has 1 aliphatic rings. The van der Waals surface area contributed by atoms with E-state index in [1.165, 1.54) is 25.7 Å². The largest absolute Gasteiger partial charge is 0.396 e. The molecule has 1 rings (SSSR count). The quantitative estimate of drug-likeness (QED) is 0.606. The van der Waals surface area contributed by atoms with Crippen molar-refractivity contribution in [1.29, 1.82) is 0 Å². The third kappa shape index (κ3) is 5.50. The zero-order chi connectivity index (χ0) is 10.9. The zero-order valence-electron chi connectivity index (χ0n) is 9.87. The lowest BCUT2D eigenvalue weighted by Crippen LogP contribution is -2.37. The second-order valence-corrected chi connectivity index (χ2v) is 4.43.